The molecule has 0 unspecified atom stereocenters. The second kappa shape index (κ2) is 6.66. The van der Waals surface area contributed by atoms with Crippen LogP contribution in [0.2, 0.25) is 0 Å². The molecule has 0 aliphatic carbocycles. The number of likely N-dealkylation sites (N-methyl/N-ethyl adjacent to an activating group) is 1. The second-order valence-corrected chi connectivity index (χ2v) is 5.32. The van der Waals surface area contributed by atoms with Gasteiger partial charge in [-0.15, -0.1) is 0 Å². The SMILES string of the molecule is CN1CC(NC(=O)CCCCc2ccc(F)cc2)C1. The standard InChI is InChI=1S/C15H21FN2O/c1-18-10-14(11-18)17-15(19)5-3-2-4-12-6-8-13(16)9-7-12/h6-9,14H,2-5,10-11H2,1H3,(H,17,19). The van der Waals surface area contributed by atoms with E-state index in [4.69, 9.17) is 0 Å². The Morgan fingerprint density at radius 1 is 1.32 bits per heavy atom. The summed E-state index contributed by atoms with van der Waals surface area (Å²) in [6.45, 7) is 1.92. The van der Waals surface area contributed by atoms with Crippen molar-refractivity contribution in [2.45, 2.75) is 31.7 Å². The first-order chi connectivity index (χ1) is 9.13. The summed E-state index contributed by atoms with van der Waals surface area (Å²) in [5.74, 6) is -0.0502. The van der Waals surface area contributed by atoms with E-state index in [2.05, 4.69) is 10.2 Å². The first-order valence-corrected chi connectivity index (χ1v) is 6.86. The zero-order valence-corrected chi connectivity index (χ0v) is 11.4. The van der Waals surface area contributed by atoms with Gasteiger partial charge in [0, 0.05) is 19.5 Å². The first kappa shape index (κ1) is 14.0. The van der Waals surface area contributed by atoms with Gasteiger partial charge < -0.3 is 10.2 Å². The third-order valence-corrected chi connectivity index (χ3v) is 3.46. The van der Waals surface area contributed by atoms with Crippen molar-refractivity contribution in [3.63, 3.8) is 0 Å². The number of amides is 1. The maximum Gasteiger partial charge on any atom is 0.220 e. The van der Waals surface area contributed by atoms with Gasteiger partial charge in [0.25, 0.3) is 0 Å². The Hall–Kier alpha value is -1.42. The second-order valence-electron chi connectivity index (χ2n) is 5.32. The maximum absolute atomic E-state index is 12.7. The van der Waals surface area contributed by atoms with Crippen LogP contribution in [0.5, 0.6) is 0 Å². The number of nitrogens with zero attached hydrogens (tertiary/aromatic N) is 1. The van der Waals surface area contributed by atoms with E-state index in [1.807, 2.05) is 7.05 Å². The molecule has 0 bridgehead atoms. The third-order valence-electron chi connectivity index (χ3n) is 3.46. The highest BCUT2D eigenvalue weighted by atomic mass is 19.1. The third kappa shape index (κ3) is 4.63. The van der Waals surface area contributed by atoms with Crippen LogP contribution in [-0.4, -0.2) is 37.0 Å². The number of aryl methyl sites for hydroxylation is 1. The minimum Gasteiger partial charge on any atom is -0.351 e. The summed E-state index contributed by atoms with van der Waals surface area (Å²) in [5, 5.41) is 3.02. The molecule has 0 atom stereocenters. The average Bonchev–Trinajstić information content (AvgIpc) is 2.35. The maximum atomic E-state index is 12.7. The predicted octanol–water partition coefficient (Wildman–Crippen LogP) is 1.97. The van der Waals surface area contributed by atoms with Crippen LogP contribution in [0.3, 0.4) is 0 Å². The predicted molar refractivity (Wildman–Crippen MR) is 73.4 cm³/mol. The van der Waals surface area contributed by atoms with Crippen LogP contribution in [0.4, 0.5) is 4.39 Å². The summed E-state index contributed by atoms with van der Waals surface area (Å²) < 4.78 is 12.7. The number of likely N-dealkylation sites (tertiary alicyclic amines) is 1. The smallest absolute Gasteiger partial charge is 0.220 e. The van der Waals surface area contributed by atoms with Crippen molar-refractivity contribution >= 4 is 5.91 Å². The van der Waals surface area contributed by atoms with Crippen LogP contribution in [0.15, 0.2) is 24.3 Å². The van der Waals surface area contributed by atoms with Gasteiger partial charge in [-0.1, -0.05) is 12.1 Å². The lowest BCUT2D eigenvalue weighted by molar-refractivity contribution is -0.122. The Balaban J connectivity index is 1.56. The van der Waals surface area contributed by atoms with Gasteiger partial charge in [-0.25, -0.2) is 4.39 Å². The number of halogens is 1. The minimum absolute atomic E-state index is 0.150. The summed E-state index contributed by atoms with van der Waals surface area (Å²) >= 11 is 0. The molecular formula is C15H21FN2O. The lowest BCUT2D eigenvalue weighted by Crippen LogP contribution is -2.57. The lowest BCUT2D eigenvalue weighted by atomic mass is 10.1. The van der Waals surface area contributed by atoms with E-state index in [9.17, 15) is 9.18 Å². The molecule has 0 radical (unpaired) electrons. The van der Waals surface area contributed by atoms with Gasteiger partial charge in [0.15, 0.2) is 0 Å². The normalized spacial score (nSPS) is 16.1. The summed E-state index contributed by atoms with van der Waals surface area (Å²) in [5.41, 5.74) is 1.13. The molecule has 1 amide bonds. The molecule has 0 aromatic heterocycles. The molecule has 1 heterocycles. The fraction of sp³-hybridized carbons (Fsp3) is 0.533. The van der Waals surface area contributed by atoms with Crippen LogP contribution in [-0.2, 0) is 11.2 Å². The Morgan fingerprint density at radius 3 is 2.63 bits per heavy atom. The van der Waals surface area contributed by atoms with E-state index < -0.39 is 0 Å². The summed E-state index contributed by atoms with van der Waals surface area (Å²) in [4.78, 5) is 13.8. The summed E-state index contributed by atoms with van der Waals surface area (Å²) in [7, 11) is 2.05. The highest BCUT2D eigenvalue weighted by Gasteiger charge is 2.23. The van der Waals surface area contributed by atoms with Gasteiger partial charge in [-0.3, -0.25) is 4.79 Å². The number of benzene rings is 1. The Morgan fingerprint density at radius 2 is 2.00 bits per heavy atom. The fourth-order valence-corrected chi connectivity index (χ4v) is 2.36. The monoisotopic (exact) mass is 264 g/mol. The van der Waals surface area contributed by atoms with Crippen molar-refractivity contribution in [3.8, 4) is 0 Å². The zero-order chi connectivity index (χ0) is 13.7. The number of nitrogens with one attached hydrogen (secondary N) is 1. The van der Waals surface area contributed by atoms with Crippen molar-refractivity contribution < 1.29 is 9.18 Å². The van der Waals surface area contributed by atoms with Crippen molar-refractivity contribution in [2.24, 2.45) is 0 Å². The quantitative estimate of drug-likeness (QED) is 0.797. The fourth-order valence-electron chi connectivity index (χ4n) is 2.36. The molecule has 1 aliphatic heterocycles. The number of rotatable bonds is 6. The molecule has 1 aromatic carbocycles. The van der Waals surface area contributed by atoms with E-state index >= 15 is 0 Å². The van der Waals surface area contributed by atoms with Crippen molar-refractivity contribution in [1.29, 1.82) is 0 Å². The van der Waals surface area contributed by atoms with Gasteiger partial charge >= 0.3 is 0 Å². The topological polar surface area (TPSA) is 32.3 Å². The molecular weight excluding hydrogens is 243 g/mol. The van der Waals surface area contributed by atoms with E-state index in [0.29, 0.717) is 12.5 Å². The molecule has 1 fully saturated rings. The van der Waals surface area contributed by atoms with Crippen molar-refractivity contribution in [3.05, 3.63) is 35.6 Å². The first-order valence-electron chi connectivity index (χ1n) is 6.86. The molecule has 1 aliphatic rings. The van der Waals surface area contributed by atoms with E-state index in [-0.39, 0.29) is 11.7 Å². The van der Waals surface area contributed by atoms with Crippen LogP contribution in [0.25, 0.3) is 0 Å². The molecule has 19 heavy (non-hydrogen) atoms. The summed E-state index contributed by atoms with van der Waals surface area (Å²) in [6, 6.07) is 6.92. The zero-order valence-electron chi connectivity index (χ0n) is 11.4. The van der Waals surface area contributed by atoms with Gasteiger partial charge in [0.1, 0.15) is 5.82 Å². The number of carbonyl (C=O) groups is 1. The van der Waals surface area contributed by atoms with Gasteiger partial charge in [0.05, 0.1) is 6.04 Å². The molecule has 1 N–H and O–H groups in total. The van der Waals surface area contributed by atoms with Crippen molar-refractivity contribution in [2.75, 3.05) is 20.1 Å². The van der Waals surface area contributed by atoms with Crippen LogP contribution in [0.1, 0.15) is 24.8 Å². The molecule has 1 saturated heterocycles. The number of hydrogen-bond acceptors (Lipinski definition) is 2. The molecule has 0 saturated carbocycles. The van der Waals surface area contributed by atoms with E-state index in [1.165, 1.54) is 12.1 Å². The van der Waals surface area contributed by atoms with Crippen molar-refractivity contribution in [1.82, 2.24) is 10.2 Å². The Labute approximate surface area is 113 Å². The molecule has 3 nitrogen and oxygen atoms in total. The van der Waals surface area contributed by atoms with Gasteiger partial charge in [-0.2, -0.15) is 0 Å². The largest absolute Gasteiger partial charge is 0.351 e. The van der Waals surface area contributed by atoms with Crippen LogP contribution < -0.4 is 5.32 Å². The molecule has 4 heteroatoms. The summed E-state index contributed by atoms with van der Waals surface area (Å²) in [6.07, 6.45) is 3.33. The number of unbranched alkanes of at least 4 members (excludes halogenated alkanes) is 1. The Kier molecular flexibility index (Phi) is 4.91. The Bertz CT molecular complexity index is 413. The highest BCUT2D eigenvalue weighted by molar-refractivity contribution is 5.76. The van der Waals surface area contributed by atoms with Crippen LogP contribution in [0, 0.1) is 5.82 Å². The molecule has 0 spiro atoms. The molecule has 2 rings (SSSR count). The minimum atomic E-state index is -0.200. The molecule has 1 aromatic rings. The van der Waals surface area contributed by atoms with E-state index in [1.54, 1.807) is 12.1 Å². The average molecular weight is 264 g/mol. The number of hydrogen-bond donors (Lipinski definition) is 1. The molecule has 104 valence electrons. The van der Waals surface area contributed by atoms with Gasteiger partial charge in [-0.05, 0) is 44.0 Å². The van der Waals surface area contributed by atoms with Gasteiger partial charge in [0.2, 0.25) is 5.91 Å². The lowest BCUT2D eigenvalue weighted by Gasteiger charge is -2.36. The van der Waals surface area contributed by atoms with Crippen LogP contribution >= 0.6 is 0 Å². The highest BCUT2D eigenvalue weighted by Crippen LogP contribution is 2.09. The van der Waals surface area contributed by atoms with E-state index in [0.717, 1.165) is 37.9 Å². The number of carbonyl (C=O) groups excluding carboxylic acids is 1.